The molecule has 6 nitrogen and oxygen atoms in total. The van der Waals surface area contributed by atoms with E-state index in [2.05, 4.69) is 5.32 Å². The molecular weight excluding hydrogens is 330 g/mol. The molecule has 2 unspecified atom stereocenters. The lowest BCUT2D eigenvalue weighted by atomic mass is 9.65. The largest absolute Gasteiger partial charge is 0.459 e. The van der Waals surface area contributed by atoms with Gasteiger partial charge in [-0.2, -0.15) is 0 Å². The first kappa shape index (κ1) is 17.6. The van der Waals surface area contributed by atoms with Gasteiger partial charge >= 0.3 is 0 Å². The second-order valence-corrected chi connectivity index (χ2v) is 8.25. The molecule has 2 saturated carbocycles. The summed E-state index contributed by atoms with van der Waals surface area (Å²) in [5, 5.41) is 3.25. The van der Waals surface area contributed by atoms with Crippen LogP contribution in [-0.4, -0.2) is 41.9 Å². The van der Waals surface area contributed by atoms with Crippen molar-refractivity contribution in [3.63, 3.8) is 0 Å². The van der Waals surface area contributed by atoms with E-state index in [1.54, 1.807) is 12.1 Å². The van der Waals surface area contributed by atoms with Crippen molar-refractivity contribution in [1.29, 1.82) is 0 Å². The Labute approximate surface area is 154 Å². The van der Waals surface area contributed by atoms with E-state index >= 15 is 0 Å². The number of rotatable bonds is 3. The Morgan fingerprint density at radius 1 is 1.12 bits per heavy atom. The Balaban J connectivity index is 1.27. The summed E-state index contributed by atoms with van der Waals surface area (Å²) in [5.74, 6) is 1.68. The fraction of sp³-hybridized carbons (Fsp3) is 0.700. The maximum atomic E-state index is 12.8. The van der Waals surface area contributed by atoms with Crippen molar-refractivity contribution < 1.29 is 14.0 Å². The number of amides is 2. The summed E-state index contributed by atoms with van der Waals surface area (Å²) < 4.78 is 5.19. The topological polar surface area (TPSA) is 88.6 Å². The highest BCUT2D eigenvalue weighted by molar-refractivity contribution is 5.91. The molecule has 3 fully saturated rings. The molecule has 2 amide bonds. The fourth-order valence-corrected chi connectivity index (χ4v) is 5.11. The zero-order valence-electron chi connectivity index (χ0n) is 15.2. The molecule has 0 aromatic carbocycles. The van der Waals surface area contributed by atoms with Crippen LogP contribution in [0.25, 0.3) is 0 Å². The second kappa shape index (κ2) is 7.43. The molecule has 1 saturated heterocycles. The van der Waals surface area contributed by atoms with Gasteiger partial charge in [0.25, 0.3) is 5.91 Å². The van der Waals surface area contributed by atoms with Crippen LogP contribution in [0.5, 0.6) is 0 Å². The Kier molecular flexibility index (Phi) is 5.02. The van der Waals surface area contributed by atoms with Crippen LogP contribution in [0.1, 0.15) is 55.5 Å². The van der Waals surface area contributed by atoms with Crippen LogP contribution < -0.4 is 11.1 Å². The molecule has 26 heavy (non-hydrogen) atoms. The van der Waals surface area contributed by atoms with Crippen molar-refractivity contribution in [2.24, 2.45) is 23.5 Å². The lowest BCUT2D eigenvalue weighted by Gasteiger charge is -2.44. The zero-order chi connectivity index (χ0) is 18.1. The summed E-state index contributed by atoms with van der Waals surface area (Å²) in [6.45, 7) is 1.32. The Morgan fingerprint density at radius 2 is 1.81 bits per heavy atom. The van der Waals surface area contributed by atoms with Crippen LogP contribution in [0, 0.1) is 17.8 Å². The molecule has 3 N–H and O–H groups in total. The van der Waals surface area contributed by atoms with Crippen molar-refractivity contribution in [2.75, 3.05) is 13.1 Å². The average Bonchev–Trinajstić information content (AvgIpc) is 3.16. The number of furan rings is 1. The number of carbonyl (C=O) groups is 2. The monoisotopic (exact) mass is 359 g/mol. The Bertz CT molecular complexity index is 623. The number of hydrogen-bond acceptors (Lipinski definition) is 4. The van der Waals surface area contributed by atoms with E-state index in [4.69, 9.17) is 10.2 Å². The minimum atomic E-state index is -0.0612. The molecular formula is C20H29N3O3. The standard InChI is InChI=1S/C20H29N3O3/c21-18-13-3-1-4-14(18)12-15(11-13)19(24)22-16-6-8-23(9-7-16)20(25)17-5-2-10-26-17/h2,5,10,13-16,18H,1,3-4,6-9,11-12,21H2,(H,22,24). The lowest BCUT2D eigenvalue weighted by Crippen LogP contribution is -2.52. The SMILES string of the molecule is NC1C2CCCC1CC(C(=O)NC1CCN(C(=O)c3ccco3)CC1)C2. The van der Waals surface area contributed by atoms with Gasteiger partial charge in [0.2, 0.25) is 5.91 Å². The molecule has 2 bridgehead atoms. The highest BCUT2D eigenvalue weighted by Crippen LogP contribution is 2.42. The van der Waals surface area contributed by atoms with Crippen molar-refractivity contribution >= 4 is 11.8 Å². The van der Waals surface area contributed by atoms with Gasteiger partial charge in [0.05, 0.1) is 6.26 Å². The molecule has 3 aliphatic rings. The summed E-state index contributed by atoms with van der Waals surface area (Å²) in [5.41, 5.74) is 6.34. The predicted molar refractivity (Wildman–Crippen MR) is 97.3 cm³/mol. The third kappa shape index (κ3) is 3.52. The fourth-order valence-electron chi connectivity index (χ4n) is 5.11. The van der Waals surface area contributed by atoms with Crippen LogP contribution in [0.15, 0.2) is 22.8 Å². The van der Waals surface area contributed by atoms with Gasteiger partial charge in [0.1, 0.15) is 0 Å². The third-order valence-electron chi connectivity index (χ3n) is 6.64. The summed E-state index contributed by atoms with van der Waals surface area (Å²) in [7, 11) is 0. The van der Waals surface area contributed by atoms with Gasteiger partial charge in [-0.25, -0.2) is 0 Å². The number of nitrogens with one attached hydrogen (secondary N) is 1. The van der Waals surface area contributed by atoms with Crippen LogP contribution in [0.2, 0.25) is 0 Å². The molecule has 0 spiro atoms. The number of nitrogens with zero attached hydrogens (tertiary/aromatic N) is 1. The zero-order valence-corrected chi connectivity index (χ0v) is 15.2. The number of fused-ring (bicyclic) bond motifs is 2. The molecule has 1 aromatic rings. The first-order valence-electron chi connectivity index (χ1n) is 10.0. The van der Waals surface area contributed by atoms with Gasteiger partial charge < -0.3 is 20.4 Å². The number of carbonyl (C=O) groups excluding carboxylic acids is 2. The highest BCUT2D eigenvalue weighted by Gasteiger charge is 2.41. The van der Waals surface area contributed by atoms with E-state index < -0.39 is 0 Å². The predicted octanol–water partition coefficient (Wildman–Crippen LogP) is 2.15. The molecule has 0 radical (unpaired) electrons. The van der Waals surface area contributed by atoms with Gasteiger partial charge in [-0.1, -0.05) is 6.42 Å². The van der Waals surface area contributed by atoms with E-state index in [9.17, 15) is 9.59 Å². The van der Waals surface area contributed by atoms with Crippen LogP contribution in [0.3, 0.4) is 0 Å². The number of piperidine rings is 1. The van der Waals surface area contributed by atoms with Crippen molar-refractivity contribution in [1.82, 2.24) is 10.2 Å². The lowest BCUT2D eigenvalue weighted by molar-refractivity contribution is -0.128. The van der Waals surface area contributed by atoms with E-state index in [1.165, 1.54) is 25.5 Å². The maximum absolute atomic E-state index is 12.8. The third-order valence-corrected chi connectivity index (χ3v) is 6.64. The van der Waals surface area contributed by atoms with Gasteiger partial charge in [0, 0.05) is 31.1 Å². The molecule has 2 atom stereocenters. The Hall–Kier alpha value is -1.82. The molecule has 142 valence electrons. The summed E-state index contributed by atoms with van der Waals surface area (Å²) in [6, 6.07) is 3.88. The first-order valence-corrected chi connectivity index (χ1v) is 10.0. The van der Waals surface area contributed by atoms with E-state index in [0.29, 0.717) is 36.7 Å². The minimum absolute atomic E-state index is 0.0612. The van der Waals surface area contributed by atoms with Crippen molar-refractivity contribution in [2.45, 2.75) is 57.0 Å². The molecule has 6 heteroatoms. The van der Waals surface area contributed by atoms with E-state index in [1.807, 2.05) is 4.90 Å². The maximum Gasteiger partial charge on any atom is 0.289 e. The summed E-state index contributed by atoms with van der Waals surface area (Å²) in [4.78, 5) is 26.9. The quantitative estimate of drug-likeness (QED) is 0.865. The summed E-state index contributed by atoms with van der Waals surface area (Å²) in [6.07, 6.45) is 8.63. The van der Waals surface area contributed by atoms with Crippen LogP contribution >= 0.6 is 0 Å². The number of hydrogen-bond donors (Lipinski definition) is 2. The normalized spacial score (nSPS) is 32.3. The van der Waals surface area contributed by atoms with Crippen molar-refractivity contribution in [3.8, 4) is 0 Å². The van der Waals surface area contributed by atoms with Crippen LogP contribution in [0.4, 0.5) is 0 Å². The van der Waals surface area contributed by atoms with Gasteiger partial charge in [0.15, 0.2) is 5.76 Å². The van der Waals surface area contributed by atoms with Gasteiger partial charge in [-0.15, -0.1) is 0 Å². The van der Waals surface area contributed by atoms with Crippen LogP contribution in [-0.2, 0) is 4.79 Å². The number of likely N-dealkylation sites (tertiary alicyclic amines) is 1. The van der Waals surface area contributed by atoms with Crippen molar-refractivity contribution in [3.05, 3.63) is 24.2 Å². The van der Waals surface area contributed by atoms with E-state index in [-0.39, 0.29) is 23.8 Å². The molecule has 1 aromatic heterocycles. The summed E-state index contributed by atoms with van der Waals surface area (Å²) >= 11 is 0. The molecule has 4 rings (SSSR count). The minimum Gasteiger partial charge on any atom is -0.459 e. The van der Waals surface area contributed by atoms with Gasteiger partial charge in [-0.05, 0) is 62.5 Å². The molecule has 2 heterocycles. The average molecular weight is 359 g/mol. The number of nitrogens with two attached hydrogens (primary N) is 1. The second-order valence-electron chi connectivity index (χ2n) is 8.25. The highest BCUT2D eigenvalue weighted by atomic mass is 16.3. The smallest absolute Gasteiger partial charge is 0.289 e. The Morgan fingerprint density at radius 3 is 2.42 bits per heavy atom. The van der Waals surface area contributed by atoms with E-state index in [0.717, 1.165) is 25.7 Å². The van der Waals surface area contributed by atoms with Gasteiger partial charge in [-0.3, -0.25) is 9.59 Å². The molecule has 2 aliphatic carbocycles. The first-order chi connectivity index (χ1) is 12.6. The molecule has 1 aliphatic heterocycles.